The van der Waals surface area contributed by atoms with Gasteiger partial charge in [0.2, 0.25) is 0 Å². The molecule has 0 spiro atoms. The van der Waals surface area contributed by atoms with Crippen LogP contribution in [0.1, 0.15) is 30.4 Å². The molecule has 0 saturated heterocycles. The molecule has 1 aromatic carbocycles. The van der Waals surface area contributed by atoms with Crippen molar-refractivity contribution in [3.63, 3.8) is 0 Å². The predicted molar refractivity (Wildman–Crippen MR) is 70.3 cm³/mol. The predicted octanol–water partition coefficient (Wildman–Crippen LogP) is 3.08. The van der Waals surface area contributed by atoms with Crippen LogP contribution in [0, 0.1) is 11.3 Å². The summed E-state index contributed by atoms with van der Waals surface area (Å²) in [5.41, 5.74) is 2.35. The second kappa shape index (κ2) is 3.98. The number of carbonyl (C=O) groups is 1. The third kappa shape index (κ3) is 1.32. The number of carbonyl (C=O) groups excluding carboxylic acids is 1. The molecule has 0 heterocycles. The van der Waals surface area contributed by atoms with Gasteiger partial charge in [0.1, 0.15) is 0 Å². The van der Waals surface area contributed by atoms with Gasteiger partial charge in [-0.05, 0) is 36.8 Å². The van der Waals surface area contributed by atoms with Crippen molar-refractivity contribution in [1.29, 1.82) is 0 Å². The zero-order chi connectivity index (χ0) is 12.8. The van der Waals surface area contributed by atoms with Crippen LogP contribution in [0.15, 0.2) is 36.4 Å². The zero-order valence-electron chi connectivity index (χ0n) is 10.8. The number of hydrogen-bond donors (Lipinski definition) is 0. The Morgan fingerprint density at radius 2 is 2.22 bits per heavy atom. The van der Waals surface area contributed by atoms with Crippen LogP contribution in [0.3, 0.4) is 0 Å². The lowest BCUT2D eigenvalue weighted by Crippen LogP contribution is -2.18. The highest BCUT2D eigenvalue weighted by Crippen LogP contribution is 2.70. The quantitative estimate of drug-likeness (QED) is 0.588. The SMILES string of the molecule is C/C=C/[C@]1(C(=O)OC)[C@@H]2c3ccccc3CC[C@@H]21. The first-order valence-electron chi connectivity index (χ1n) is 6.55. The second-order valence-corrected chi connectivity index (χ2v) is 5.25. The molecule has 3 rings (SSSR count). The Morgan fingerprint density at radius 1 is 1.44 bits per heavy atom. The Morgan fingerprint density at radius 3 is 2.94 bits per heavy atom. The van der Waals surface area contributed by atoms with Gasteiger partial charge in [0.15, 0.2) is 0 Å². The number of esters is 1. The summed E-state index contributed by atoms with van der Waals surface area (Å²) in [4.78, 5) is 12.2. The lowest BCUT2D eigenvalue weighted by Gasteiger charge is -2.13. The molecular weight excluding hydrogens is 224 g/mol. The molecule has 0 amide bonds. The van der Waals surface area contributed by atoms with Gasteiger partial charge in [-0.3, -0.25) is 4.79 Å². The molecule has 94 valence electrons. The van der Waals surface area contributed by atoms with Crippen molar-refractivity contribution in [3.8, 4) is 0 Å². The highest BCUT2D eigenvalue weighted by Gasteiger charge is 2.69. The molecule has 1 fully saturated rings. The molecule has 2 nitrogen and oxygen atoms in total. The lowest BCUT2D eigenvalue weighted by atomic mass is 9.92. The molecule has 2 heteroatoms. The Kier molecular flexibility index (Phi) is 2.54. The third-order valence-corrected chi connectivity index (χ3v) is 4.52. The number of hydrogen-bond acceptors (Lipinski definition) is 2. The average molecular weight is 242 g/mol. The molecule has 1 saturated carbocycles. The van der Waals surface area contributed by atoms with Crippen LogP contribution in [0.2, 0.25) is 0 Å². The first-order valence-corrected chi connectivity index (χ1v) is 6.55. The summed E-state index contributed by atoms with van der Waals surface area (Å²) in [5, 5.41) is 0. The Hall–Kier alpha value is -1.57. The molecule has 2 aliphatic carbocycles. The molecule has 3 atom stereocenters. The number of fused-ring (bicyclic) bond motifs is 3. The van der Waals surface area contributed by atoms with Crippen LogP contribution < -0.4 is 0 Å². The first kappa shape index (κ1) is 11.5. The molecule has 1 aromatic rings. The van der Waals surface area contributed by atoms with Crippen molar-refractivity contribution < 1.29 is 9.53 Å². The molecule has 0 bridgehead atoms. The van der Waals surface area contributed by atoms with E-state index in [1.165, 1.54) is 18.2 Å². The van der Waals surface area contributed by atoms with E-state index in [4.69, 9.17) is 4.74 Å². The third-order valence-electron chi connectivity index (χ3n) is 4.52. The van der Waals surface area contributed by atoms with E-state index in [0.717, 1.165) is 12.8 Å². The Bertz CT molecular complexity index is 518. The number of rotatable bonds is 2. The monoisotopic (exact) mass is 242 g/mol. The van der Waals surface area contributed by atoms with Crippen LogP contribution in [0.25, 0.3) is 0 Å². The van der Waals surface area contributed by atoms with E-state index in [9.17, 15) is 4.79 Å². The maximum absolute atomic E-state index is 12.2. The van der Waals surface area contributed by atoms with E-state index in [2.05, 4.69) is 30.3 Å². The number of ether oxygens (including phenoxy) is 1. The van der Waals surface area contributed by atoms with Crippen molar-refractivity contribution in [2.75, 3.05) is 7.11 Å². The maximum atomic E-state index is 12.2. The van der Waals surface area contributed by atoms with Crippen molar-refractivity contribution in [2.24, 2.45) is 11.3 Å². The summed E-state index contributed by atoms with van der Waals surface area (Å²) in [6.45, 7) is 1.97. The molecule has 0 N–H and O–H groups in total. The van der Waals surface area contributed by atoms with Crippen molar-refractivity contribution in [2.45, 2.75) is 25.7 Å². The fourth-order valence-electron chi connectivity index (χ4n) is 3.76. The minimum Gasteiger partial charge on any atom is -0.468 e. The van der Waals surface area contributed by atoms with Gasteiger partial charge in [-0.2, -0.15) is 0 Å². The Balaban J connectivity index is 2.06. The largest absolute Gasteiger partial charge is 0.468 e. The van der Waals surface area contributed by atoms with Gasteiger partial charge in [-0.1, -0.05) is 36.4 Å². The molecule has 2 aliphatic rings. The van der Waals surface area contributed by atoms with E-state index in [-0.39, 0.29) is 5.97 Å². The van der Waals surface area contributed by atoms with E-state index in [1.54, 1.807) is 0 Å². The summed E-state index contributed by atoms with van der Waals surface area (Å²) in [7, 11) is 1.49. The van der Waals surface area contributed by atoms with Gasteiger partial charge < -0.3 is 4.74 Å². The lowest BCUT2D eigenvalue weighted by molar-refractivity contribution is -0.145. The van der Waals surface area contributed by atoms with Gasteiger partial charge >= 0.3 is 5.97 Å². The number of allylic oxidation sites excluding steroid dienone is 1. The molecule has 0 radical (unpaired) electrons. The molecule has 18 heavy (non-hydrogen) atoms. The smallest absolute Gasteiger partial charge is 0.316 e. The summed E-state index contributed by atoms with van der Waals surface area (Å²) in [6, 6.07) is 8.50. The van der Waals surface area contributed by atoms with Gasteiger partial charge in [-0.25, -0.2) is 0 Å². The van der Waals surface area contributed by atoms with Crippen LogP contribution in [0.5, 0.6) is 0 Å². The number of aryl methyl sites for hydroxylation is 1. The second-order valence-electron chi connectivity index (χ2n) is 5.25. The average Bonchev–Trinajstić information content (AvgIpc) is 3.08. The number of benzene rings is 1. The summed E-state index contributed by atoms with van der Waals surface area (Å²) >= 11 is 0. The Labute approximate surface area is 108 Å². The molecule has 0 aliphatic heterocycles. The van der Waals surface area contributed by atoms with E-state index >= 15 is 0 Å². The van der Waals surface area contributed by atoms with Crippen LogP contribution in [-0.4, -0.2) is 13.1 Å². The minimum absolute atomic E-state index is 0.0766. The zero-order valence-corrected chi connectivity index (χ0v) is 10.8. The van der Waals surface area contributed by atoms with E-state index in [0.29, 0.717) is 11.8 Å². The summed E-state index contributed by atoms with van der Waals surface area (Å²) in [6.07, 6.45) is 6.20. The van der Waals surface area contributed by atoms with Crippen molar-refractivity contribution >= 4 is 5.97 Å². The van der Waals surface area contributed by atoms with Crippen LogP contribution >= 0.6 is 0 Å². The van der Waals surface area contributed by atoms with Gasteiger partial charge in [-0.15, -0.1) is 0 Å². The van der Waals surface area contributed by atoms with Gasteiger partial charge in [0.25, 0.3) is 0 Å². The maximum Gasteiger partial charge on any atom is 0.316 e. The highest BCUT2D eigenvalue weighted by molar-refractivity contribution is 5.86. The fourth-order valence-corrected chi connectivity index (χ4v) is 3.76. The van der Waals surface area contributed by atoms with Gasteiger partial charge in [0.05, 0.1) is 12.5 Å². The highest BCUT2D eigenvalue weighted by atomic mass is 16.5. The fraction of sp³-hybridized carbons (Fsp3) is 0.438. The van der Waals surface area contributed by atoms with Gasteiger partial charge in [0, 0.05) is 5.92 Å². The summed E-state index contributed by atoms with van der Waals surface area (Å²) in [5.74, 6) is 0.675. The van der Waals surface area contributed by atoms with E-state index < -0.39 is 5.41 Å². The topological polar surface area (TPSA) is 26.3 Å². The molecular formula is C16H18O2. The van der Waals surface area contributed by atoms with Crippen molar-refractivity contribution in [1.82, 2.24) is 0 Å². The van der Waals surface area contributed by atoms with Crippen molar-refractivity contribution in [3.05, 3.63) is 47.5 Å². The normalized spacial score (nSPS) is 32.8. The summed E-state index contributed by atoms with van der Waals surface area (Å²) < 4.78 is 5.05. The van der Waals surface area contributed by atoms with Crippen LogP contribution in [0.4, 0.5) is 0 Å². The van der Waals surface area contributed by atoms with Crippen LogP contribution in [-0.2, 0) is 16.0 Å². The minimum atomic E-state index is -0.393. The standard InChI is InChI=1S/C16H18O2/c1-3-10-16(15(17)18-2)13-9-8-11-6-4-5-7-12(11)14(13)16/h3-7,10,13-14H,8-9H2,1-2H3/b10-3+/t13-,14+,16+/m0/s1. The number of methoxy groups -OCH3 is 1. The first-order chi connectivity index (χ1) is 8.75. The molecule has 0 aromatic heterocycles. The van der Waals surface area contributed by atoms with E-state index in [1.807, 2.05) is 13.0 Å². The molecule has 0 unspecified atom stereocenters.